The van der Waals surface area contributed by atoms with Crippen LogP contribution in [-0.4, -0.2) is 11.6 Å². The van der Waals surface area contributed by atoms with Crippen LogP contribution in [0.15, 0.2) is 0 Å². The van der Waals surface area contributed by atoms with E-state index in [-0.39, 0.29) is 0 Å². The molecule has 0 aromatic carbocycles. The highest BCUT2D eigenvalue weighted by Crippen LogP contribution is 2.25. The van der Waals surface area contributed by atoms with Crippen molar-refractivity contribution in [1.29, 1.82) is 0 Å². The third-order valence-corrected chi connectivity index (χ3v) is 2.46. The van der Waals surface area contributed by atoms with Gasteiger partial charge in [-0.15, -0.1) is 0 Å². The van der Waals surface area contributed by atoms with E-state index in [4.69, 9.17) is 0 Å². The SMILES string of the molecule is CC(C)C1CCC(C)(C)N1. The van der Waals surface area contributed by atoms with Crippen molar-refractivity contribution in [2.75, 3.05) is 0 Å². The molecule has 1 unspecified atom stereocenters. The maximum absolute atomic E-state index is 3.63. The zero-order valence-corrected chi connectivity index (χ0v) is 7.57. The molecule has 1 heteroatoms. The van der Waals surface area contributed by atoms with E-state index < -0.39 is 0 Å². The predicted molar refractivity (Wildman–Crippen MR) is 45.1 cm³/mol. The van der Waals surface area contributed by atoms with Crippen LogP contribution in [0.2, 0.25) is 0 Å². The van der Waals surface area contributed by atoms with E-state index in [9.17, 15) is 0 Å². The van der Waals surface area contributed by atoms with Gasteiger partial charge in [-0.05, 0) is 32.6 Å². The maximum atomic E-state index is 3.63. The van der Waals surface area contributed by atoms with Crippen molar-refractivity contribution in [3.8, 4) is 0 Å². The second-order valence-corrected chi connectivity index (χ2v) is 4.42. The summed E-state index contributed by atoms with van der Waals surface area (Å²) in [4.78, 5) is 0. The van der Waals surface area contributed by atoms with E-state index in [0.717, 1.165) is 12.0 Å². The molecule has 1 saturated heterocycles. The Bertz CT molecular complexity index is 116. The molecule has 0 radical (unpaired) electrons. The highest BCUT2D eigenvalue weighted by Gasteiger charge is 2.30. The van der Waals surface area contributed by atoms with Crippen molar-refractivity contribution < 1.29 is 0 Å². The molecule has 1 aliphatic heterocycles. The number of hydrogen-bond acceptors (Lipinski definition) is 1. The molecule has 0 amide bonds. The molecule has 1 atom stereocenters. The topological polar surface area (TPSA) is 12.0 Å². The summed E-state index contributed by atoms with van der Waals surface area (Å²) in [6, 6.07) is 0.759. The first kappa shape index (κ1) is 8.06. The average Bonchev–Trinajstić information content (AvgIpc) is 2.10. The Morgan fingerprint density at radius 3 is 2.20 bits per heavy atom. The van der Waals surface area contributed by atoms with E-state index in [1.165, 1.54) is 12.8 Å². The number of rotatable bonds is 1. The van der Waals surface area contributed by atoms with Gasteiger partial charge in [0.25, 0.3) is 0 Å². The molecule has 1 aliphatic rings. The van der Waals surface area contributed by atoms with Crippen LogP contribution in [-0.2, 0) is 0 Å². The summed E-state index contributed by atoms with van der Waals surface area (Å²) in [5, 5.41) is 3.63. The number of nitrogens with one attached hydrogen (secondary N) is 1. The lowest BCUT2D eigenvalue weighted by molar-refractivity contribution is 0.379. The minimum Gasteiger partial charge on any atom is -0.309 e. The Balaban J connectivity index is 2.43. The number of hydrogen-bond donors (Lipinski definition) is 1. The fourth-order valence-corrected chi connectivity index (χ4v) is 1.66. The van der Waals surface area contributed by atoms with E-state index >= 15 is 0 Å². The Labute approximate surface area is 64.2 Å². The lowest BCUT2D eigenvalue weighted by atomic mass is 10.0. The van der Waals surface area contributed by atoms with Gasteiger partial charge in [0.05, 0.1) is 0 Å². The van der Waals surface area contributed by atoms with Crippen LogP contribution >= 0.6 is 0 Å². The first-order valence-corrected chi connectivity index (χ1v) is 4.29. The third-order valence-electron chi connectivity index (χ3n) is 2.46. The van der Waals surface area contributed by atoms with Crippen molar-refractivity contribution in [2.45, 2.75) is 52.1 Å². The highest BCUT2D eigenvalue weighted by molar-refractivity contribution is 4.91. The summed E-state index contributed by atoms with van der Waals surface area (Å²) in [5.74, 6) is 0.793. The van der Waals surface area contributed by atoms with E-state index in [0.29, 0.717) is 5.54 Å². The summed E-state index contributed by atoms with van der Waals surface area (Å²) in [5.41, 5.74) is 0.398. The average molecular weight is 141 g/mol. The summed E-state index contributed by atoms with van der Waals surface area (Å²) in [6.45, 7) is 9.16. The van der Waals surface area contributed by atoms with Gasteiger partial charge in [-0.25, -0.2) is 0 Å². The second-order valence-electron chi connectivity index (χ2n) is 4.42. The van der Waals surface area contributed by atoms with Gasteiger partial charge in [0.2, 0.25) is 0 Å². The van der Waals surface area contributed by atoms with Gasteiger partial charge < -0.3 is 5.32 Å². The fraction of sp³-hybridized carbons (Fsp3) is 1.00. The molecule has 0 bridgehead atoms. The minimum absolute atomic E-state index is 0.398. The fourth-order valence-electron chi connectivity index (χ4n) is 1.66. The monoisotopic (exact) mass is 141 g/mol. The molecule has 60 valence electrons. The molecule has 0 aromatic rings. The molecule has 1 heterocycles. The summed E-state index contributed by atoms with van der Waals surface area (Å²) >= 11 is 0. The first-order chi connectivity index (χ1) is 4.51. The molecule has 1 N–H and O–H groups in total. The van der Waals surface area contributed by atoms with Crippen LogP contribution in [0.1, 0.15) is 40.5 Å². The maximum Gasteiger partial charge on any atom is 0.0128 e. The van der Waals surface area contributed by atoms with Gasteiger partial charge in [0.15, 0.2) is 0 Å². The summed E-state index contributed by atoms with van der Waals surface area (Å²) in [7, 11) is 0. The third kappa shape index (κ3) is 1.72. The van der Waals surface area contributed by atoms with E-state index in [1.807, 2.05) is 0 Å². The highest BCUT2D eigenvalue weighted by atomic mass is 15.0. The van der Waals surface area contributed by atoms with Crippen LogP contribution in [0, 0.1) is 5.92 Å². The molecular formula is C9H19N. The van der Waals surface area contributed by atoms with Gasteiger partial charge in [-0.3, -0.25) is 0 Å². The zero-order chi connectivity index (χ0) is 7.78. The molecule has 0 aliphatic carbocycles. The first-order valence-electron chi connectivity index (χ1n) is 4.29. The van der Waals surface area contributed by atoms with Crippen molar-refractivity contribution in [3.63, 3.8) is 0 Å². The molecule has 0 spiro atoms. The van der Waals surface area contributed by atoms with Crippen molar-refractivity contribution in [2.24, 2.45) is 5.92 Å². The molecule has 1 fully saturated rings. The van der Waals surface area contributed by atoms with Gasteiger partial charge >= 0.3 is 0 Å². The van der Waals surface area contributed by atoms with Crippen LogP contribution in [0.25, 0.3) is 0 Å². The minimum atomic E-state index is 0.398. The van der Waals surface area contributed by atoms with Gasteiger partial charge in [-0.2, -0.15) is 0 Å². The lowest BCUT2D eigenvalue weighted by Gasteiger charge is -2.22. The largest absolute Gasteiger partial charge is 0.309 e. The normalized spacial score (nSPS) is 31.5. The summed E-state index contributed by atoms with van der Waals surface area (Å²) < 4.78 is 0. The van der Waals surface area contributed by atoms with Gasteiger partial charge in [-0.1, -0.05) is 13.8 Å². The van der Waals surface area contributed by atoms with Gasteiger partial charge in [0, 0.05) is 11.6 Å². The molecule has 1 nitrogen and oxygen atoms in total. The Hall–Kier alpha value is -0.0400. The lowest BCUT2D eigenvalue weighted by Crippen LogP contribution is -2.39. The van der Waals surface area contributed by atoms with Crippen LogP contribution in [0.4, 0.5) is 0 Å². The summed E-state index contributed by atoms with van der Waals surface area (Å²) in [6.07, 6.45) is 2.68. The molecular weight excluding hydrogens is 122 g/mol. The zero-order valence-electron chi connectivity index (χ0n) is 7.57. The van der Waals surface area contributed by atoms with Crippen LogP contribution in [0.5, 0.6) is 0 Å². The van der Waals surface area contributed by atoms with E-state index in [1.54, 1.807) is 0 Å². The van der Waals surface area contributed by atoms with Crippen molar-refractivity contribution in [1.82, 2.24) is 5.32 Å². The van der Waals surface area contributed by atoms with E-state index in [2.05, 4.69) is 33.0 Å². The Kier molecular flexibility index (Phi) is 2.04. The molecule has 10 heavy (non-hydrogen) atoms. The predicted octanol–water partition coefficient (Wildman–Crippen LogP) is 2.17. The molecule has 1 rings (SSSR count). The molecule has 0 saturated carbocycles. The van der Waals surface area contributed by atoms with Crippen molar-refractivity contribution >= 4 is 0 Å². The quantitative estimate of drug-likeness (QED) is 0.590. The second kappa shape index (κ2) is 2.54. The smallest absolute Gasteiger partial charge is 0.0128 e. The van der Waals surface area contributed by atoms with Crippen LogP contribution < -0.4 is 5.32 Å². The Morgan fingerprint density at radius 2 is 2.00 bits per heavy atom. The van der Waals surface area contributed by atoms with Crippen molar-refractivity contribution in [3.05, 3.63) is 0 Å². The Morgan fingerprint density at radius 1 is 1.40 bits per heavy atom. The van der Waals surface area contributed by atoms with Gasteiger partial charge in [0.1, 0.15) is 0 Å². The standard InChI is InChI=1S/C9H19N/c1-7(2)8-5-6-9(3,4)10-8/h7-8,10H,5-6H2,1-4H3. The molecule has 0 aromatic heterocycles. The van der Waals surface area contributed by atoms with Crippen LogP contribution in [0.3, 0.4) is 0 Å².